The van der Waals surface area contributed by atoms with Crippen molar-refractivity contribution < 1.29 is 61.8 Å². The molecule has 0 spiro atoms. The van der Waals surface area contributed by atoms with Crippen LogP contribution in [0.3, 0.4) is 0 Å². The van der Waals surface area contributed by atoms with Crippen LogP contribution in [0.15, 0.2) is 194 Å². The minimum atomic E-state index is -0.429. The molecule has 0 amide bonds. The van der Waals surface area contributed by atoms with Gasteiger partial charge < -0.3 is 52.4 Å². The first-order valence-corrected chi connectivity index (χ1v) is 27.6. The molecule has 6 aromatic carbocycles. The fraction of sp³-hybridized carbons (Fsp3) is 0.294. The Balaban J connectivity index is 1.14. The van der Waals surface area contributed by atoms with E-state index in [1.165, 1.54) is 0 Å². The smallest absolute Gasteiger partial charge is 0.333 e. The molecule has 0 atom stereocenters. The lowest BCUT2D eigenvalue weighted by atomic mass is 10.1. The Bertz CT molecular complexity index is 2690. The lowest BCUT2D eigenvalue weighted by Gasteiger charge is -2.26. The number of ether oxygens (including phenoxy) is 9. The van der Waals surface area contributed by atoms with Gasteiger partial charge in [0, 0.05) is 56.4 Å². The molecule has 0 aliphatic heterocycles. The second-order valence-electron chi connectivity index (χ2n) is 19.5. The molecular weight excluding hydrogens is 1050 g/mol. The Morgan fingerprint density at radius 1 is 0.289 bits per heavy atom. The largest absolute Gasteiger partial charge is 0.460 e. The molecule has 6 aromatic rings. The van der Waals surface area contributed by atoms with E-state index < -0.39 is 23.9 Å². The normalized spacial score (nSPS) is 10.8. The number of rotatable bonds is 36. The van der Waals surface area contributed by atoms with Crippen LogP contribution >= 0.6 is 0 Å². The average Bonchev–Trinajstić information content (AvgIpc) is 3.60. The van der Waals surface area contributed by atoms with E-state index in [2.05, 4.69) is 133 Å². The van der Waals surface area contributed by atoms with Crippen molar-refractivity contribution in [2.75, 3.05) is 89.1 Å². The highest BCUT2D eigenvalue weighted by Crippen LogP contribution is 2.39. The molecule has 15 heteroatoms. The Hall–Kier alpha value is -8.60. The number of nitrogens with zero attached hydrogens (tertiary/aromatic N) is 2. The van der Waals surface area contributed by atoms with Crippen LogP contribution in [0, 0.1) is 0 Å². The van der Waals surface area contributed by atoms with Crippen LogP contribution in [-0.4, -0.2) is 103 Å². The molecule has 0 bridgehead atoms. The quantitative estimate of drug-likeness (QED) is 0.0158. The lowest BCUT2D eigenvalue weighted by Crippen LogP contribution is -2.12. The molecular formula is C68H76N2O13. The van der Waals surface area contributed by atoms with Gasteiger partial charge in [0.1, 0.15) is 37.9 Å². The van der Waals surface area contributed by atoms with Crippen molar-refractivity contribution in [1.29, 1.82) is 0 Å². The van der Waals surface area contributed by atoms with E-state index >= 15 is 0 Å². The monoisotopic (exact) mass is 1130 g/mol. The van der Waals surface area contributed by atoms with Gasteiger partial charge in [-0.1, -0.05) is 74.8 Å². The summed E-state index contributed by atoms with van der Waals surface area (Å²) in [6.45, 7) is 24.6. The Morgan fingerprint density at radius 2 is 0.482 bits per heavy atom. The molecule has 83 heavy (non-hydrogen) atoms. The fourth-order valence-corrected chi connectivity index (χ4v) is 8.04. The molecule has 0 aliphatic carbocycles. The van der Waals surface area contributed by atoms with Crippen molar-refractivity contribution in [1.82, 2.24) is 0 Å². The molecule has 0 aliphatic rings. The summed E-state index contributed by atoms with van der Waals surface area (Å²) in [7, 11) is 0. The van der Waals surface area contributed by atoms with Crippen molar-refractivity contribution in [3.8, 4) is 11.5 Å². The summed E-state index contributed by atoms with van der Waals surface area (Å²) >= 11 is 0. The van der Waals surface area contributed by atoms with Crippen LogP contribution in [0.25, 0.3) is 0 Å². The number of esters is 4. The van der Waals surface area contributed by atoms with Crippen molar-refractivity contribution in [2.24, 2.45) is 0 Å². The van der Waals surface area contributed by atoms with Gasteiger partial charge in [-0.15, -0.1) is 0 Å². The second kappa shape index (κ2) is 34.0. The van der Waals surface area contributed by atoms with Gasteiger partial charge in [-0.2, -0.15) is 0 Å². The summed E-state index contributed by atoms with van der Waals surface area (Å²) in [5.74, 6) is -0.395. The zero-order valence-electron chi connectivity index (χ0n) is 48.2. The predicted octanol–water partition coefficient (Wildman–Crippen LogP) is 13.1. The van der Waals surface area contributed by atoms with Gasteiger partial charge in [-0.25, -0.2) is 19.2 Å². The highest BCUT2D eigenvalue weighted by atomic mass is 16.6. The minimum absolute atomic E-state index is 0.167. The third kappa shape index (κ3) is 21.7. The molecule has 6 rings (SSSR count). The number of carbonyl (C=O) groups is 4. The fourth-order valence-electron chi connectivity index (χ4n) is 8.04. The van der Waals surface area contributed by atoms with E-state index in [0.29, 0.717) is 112 Å². The molecule has 0 saturated heterocycles. The van der Waals surface area contributed by atoms with Crippen LogP contribution in [0.2, 0.25) is 0 Å². The number of anilines is 6. The number of hydrogen-bond acceptors (Lipinski definition) is 15. The third-order valence-electron chi connectivity index (χ3n) is 12.6. The zero-order chi connectivity index (χ0) is 59.3. The molecule has 0 radical (unpaired) electrons. The first-order chi connectivity index (χ1) is 40.1. The van der Waals surface area contributed by atoms with E-state index in [0.717, 1.165) is 56.4 Å². The summed E-state index contributed by atoms with van der Waals surface area (Å²) in [6.07, 6.45) is 2.73. The highest BCUT2D eigenvalue weighted by Gasteiger charge is 2.17. The number of hydrogen-bond donors (Lipinski definition) is 0. The van der Waals surface area contributed by atoms with E-state index in [1.807, 2.05) is 48.5 Å². The summed E-state index contributed by atoms with van der Waals surface area (Å²) in [4.78, 5) is 51.1. The van der Waals surface area contributed by atoms with Crippen LogP contribution in [0.5, 0.6) is 11.5 Å². The first-order valence-electron chi connectivity index (χ1n) is 27.6. The van der Waals surface area contributed by atoms with E-state index in [9.17, 15) is 19.2 Å². The first kappa shape index (κ1) is 63.6. The summed E-state index contributed by atoms with van der Waals surface area (Å²) in [5, 5.41) is 0. The average molecular weight is 1130 g/mol. The van der Waals surface area contributed by atoms with Gasteiger partial charge in [0.15, 0.2) is 0 Å². The summed E-state index contributed by atoms with van der Waals surface area (Å²) < 4.78 is 50.0. The van der Waals surface area contributed by atoms with Crippen molar-refractivity contribution in [3.63, 3.8) is 0 Å². The lowest BCUT2D eigenvalue weighted by molar-refractivity contribution is -0.141. The molecule has 0 N–H and O–H groups in total. The van der Waals surface area contributed by atoms with Crippen LogP contribution in [0.1, 0.15) is 49.9 Å². The van der Waals surface area contributed by atoms with E-state index in [1.54, 1.807) is 27.7 Å². The topological polar surface area (TPSA) is 158 Å². The minimum Gasteiger partial charge on any atom is -0.460 e. The molecule has 436 valence electrons. The summed E-state index contributed by atoms with van der Waals surface area (Å²) in [5.41, 5.74) is 11.4. The van der Waals surface area contributed by atoms with Gasteiger partial charge in [-0.3, -0.25) is 0 Å². The molecule has 0 saturated carbocycles. The standard InChI is InChI=1S/C68H76N2O13/c1-49(2)65(71)79-45-41-75-37-33-53-9-17-57(18-10-53)69(58-19-11-54(12-20-58)34-38-76-42-46-80-66(72)50(3)4)61-25-29-63(30-26-61)83-64-31-27-62(28-32-64)70(59-21-13-55(14-22-59)35-39-77-43-47-81-67(73)51(5)6)60-23-15-56(16-24-60)36-40-78-44-48-82-68(74)52(7)8/h9-32H,1,3,5,7,33-48H2,2,4,6,8H3. The van der Waals surface area contributed by atoms with E-state index in [-0.39, 0.29) is 26.4 Å². The molecule has 15 nitrogen and oxygen atoms in total. The van der Waals surface area contributed by atoms with Crippen molar-refractivity contribution in [2.45, 2.75) is 53.4 Å². The Morgan fingerprint density at radius 3 is 0.675 bits per heavy atom. The Labute approximate surface area is 488 Å². The van der Waals surface area contributed by atoms with Crippen LogP contribution in [-0.2, 0) is 82.8 Å². The zero-order valence-corrected chi connectivity index (χ0v) is 48.2. The Kier molecular flexibility index (Phi) is 26.0. The van der Waals surface area contributed by atoms with Crippen molar-refractivity contribution >= 4 is 58.0 Å². The van der Waals surface area contributed by atoms with Gasteiger partial charge in [0.05, 0.1) is 52.9 Å². The van der Waals surface area contributed by atoms with Crippen molar-refractivity contribution in [3.05, 3.63) is 216 Å². The SMILES string of the molecule is C=C(C)C(=O)OCCOCCc1ccc(N(c2ccc(CCOCCOC(=O)C(=C)C)cc2)c2ccc(Oc3ccc(N(c4ccc(CCOCCOC(=O)C(=C)C)cc4)c4ccc(CCOCCOC(=O)C(=C)C)cc4)cc3)cc2)cc1. The number of carbonyl (C=O) groups excluding carboxylic acids is 4. The maximum atomic E-state index is 11.7. The number of benzene rings is 6. The van der Waals surface area contributed by atoms with Gasteiger partial charge in [0.25, 0.3) is 0 Å². The van der Waals surface area contributed by atoms with Crippen LogP contribution < -0.4 is 14.5 Å². The highest BCUT2D eigenvalue weighted by molar-refractivity contribution is 5.88. The molecule has 0 heterocycles. The maximum absolute atomic E-state index is 11.7. The predicted molar refractivity (Wildman–Crippen MR) is 324 cm³/mol. The van der Waals surface area contributed by atoms with E-state index in [4.69, 9.17) is 42.6 Å². The second-order valence-corrected chi connectivity index (χ2v) is 19.5. The van der Waals surface area contributed by atoms with Crippen LogP contribution in [0.4, 0.5) is 34.1 Å². The van der Waals surface area contributed by atoms with Gasteiger partial charge in [-0.05, 0) is 173 Å². The van der Waals surface area contributed by atoms with Gasteiger partial charge in [0.2, 0.25) is 0 Å². The molecule has 0 unspecified atom stereocenters. The summed E-state index contributed by atoms with van der Waals surface area (Å²) in [6, 6.07) is 49.3. The third-order valence-corrected chi connectivity index (χ3v) is 12.6. The maximum Gasteiger partial charge on any atom is 0.333 e. The van der Waals surface area contributed by atoms with Gasteiger partial charge >= 0.3 is 23.9 Å². The molecule has 0 aromatic heterocycles. The molecule has 0 fully saturated rings.